The molecule has 4 heteroatoms. The van der Waals surface area contributed by atoms with Crippen molar-refractivity contribution in [1.82, 2.24) is 9.97 Å². The van der Waals surface area contributed by atoms with Crippen molar-refractivity contribution in [2.45, 2.75) is 33.1 Å². The van der Waals surface area contributed by atoms with E-state index in [0.717, 1.165) is 23.6 Å². The summed E-state index contributed by atoms with van der Waals surface area (Å²) in [5.41, 5.74) is 1.71. The van der Waals surface area contributed by atoms with Crippen LogP contribution < -0.4 is 5.32 Å². The Balaban J connectivity index is 2.51. The molecule has 0 aliphatic carbocycles. The molecule has 0 bridgehead atoms. The van der Waals surface area contributed by atoms with Crippen LogP contribution in [0.15, 0.2) is 30.3 Å². The summed E-state index contributed by atoms with van der Waals surface area (Å²) < 4.78 is 13.0. The van der Waals surface area contributed by atoms with Gasteiger partial charge in [0.1, 0.15) is 11.6 Å². The van der Waals surface area contributed by atoms with E-state index in [9.17, 15) is 4.39 Å². The van der Waals surface area contributed by atoms with Gasteiger partial charge in [-0.25, -0.2) is 14.4 Å². The zero-order chi connectivity index (χ0) is 14.8. The Morgan fingerprint density at radius 3 is 2.30 bits per heavy atom. The summed E-state index contributed by atoms with van der Waals surface area (Å²) in [5, 5.41) is 3.22. The van der Waals surface area contributed by atoms with Crippen LogP contribution in [0.3, 0.4) is 0 Å². The Bertz CT molecular complexity index is 586. The molecule has 0 radical (unpaired) electrons. The molecule has 0 aliphatic rings. The zero-order valence-corrected chi connectivity index (χ0v) is 12.4. The molecule has 0 amide bonds. The molecule has 0 unspecified atom stereocenters. The average Bonchev–Trinajstić information content (AvgIpc) is 2.38. The van der Waals surface area contributed by atoms with Crippen molar-refractivity contribution < 1.29 is 4.39 Å². The second kappa shape index (κ2) is 5.57. The number of nitrogens with zero attached hydrogens (tertiary/aromatic N) is 2. The summed E-state index contributed by atoms with van der Waals surface area (Å²) in [6, 6.07) is 8.22. The fourth-order valence-corrected chi connectivity index (χ4v) is 1.83. The van der Waals surface area contributed by atoms with Crippen molar-refractivity contribution >= 4 is 5.82 Å². The first-order valence-electron chi connectivity index (χ1n) is 6.79. The van der Waals surface area contributed by atoms with Gasteiger partial charge in [0.25, 0.3) is 0 Å². The van der Waals surface area contributed by atoms with Gasteiger partial charge in [0, 0.05) is 23.6 Å². The molecule has 1 aromatic carbocycles. The van der Waals surface area contributed by atoms with Crippen LogP contribution in [-0.4, -0.2) is 16.5 Å². The van der Waals surface area contributed by atoms with Gasteiger partial charge in [-0.15, -0.1) is 0 Å². The number of hydrogen-bond acceptors (Lipinski definition) is 3. The second-order valence-corrected chi connectivity index (χ2v) is 5.75. The van der Waals surface area contributed by atoms with Crippen LogP contribution in [0.5, 0.6) is 0 Å². The Morgan fingerprint density at radius 1 is 1.10 bits per heavy atom. The van der Waals surface area contributed by atoms with Gasteiger partial charge in [0.2, 0.25) is 0 Å². The summed E-state index contributed by atoms with van der Waals surface area (Å²) in [6.45, 7) is 9.15. The van der Waals surface area contributed by atoms with E-state index in [0.29, 0.717) is 5.82 Å². The van der Waals surface area contributed by atoms with Crippen LogP contribution in [0, 0.1) is 5.82 Å². The van der Waals surface area contributed by atoms with E-state index < -0.39 is 0 Å². The lowest BCUT2D eigenvalue weighted by Gasteiger charge is -2.19. The minimum atomic E-state index is -0.257. The third-order valence-electron chi connectivity index (χ3n) is 2.95. The first-order valence-corrected chi connectivity index (χ1v) is 6.79. The highest BCUT2D eigenvalue weighted by atomic mass is 19.1. The molecule has 2 aromatic rings. The molecule has 3 nitrogen and oxygen atoms in total. The monoisotopic (exact) mass is 273 g/mol. The standard InChI is InChI=1S/C16H20FN3/c1-5-18-14-10-13(16(2,3)4)19-15(20-14)11-6-8-12(17)9-7-11/h6-10H,5H2,1-4H3,(H,18,19,20). The summed E-state index contributed by atoms with van der Waals surface area (Å²) in [4.78, 5) is 9.11. The van der Waals surface area contributed by atoms with Gasteiger partial charge in [-0.3, -0.25) is 0 Å². The first-order chi connectivity index (χ1) is 9.40. The van der Waals surface area contributed by atoms with Crippen LogP contribution in [0.4, 0.5) is 10.2 Å². The third kappa shape index (κ3) is 3.32. The maximum absolute atomic E-state index is 13.0. The van der Waals surface area contributed by atoms with Crippen molar-refractivity contribution in [3.63, 3.8) is 0 Å². The predicted molar refractivity (Wildman–Crippen MR) is 80.3 cm³/mol. The number of benzene rings is 1. The van der Waals surface area contributed by atoms with Crippen molar-refractivity contribution in [2.75, 3.05) is 11.9 Å². The Kier molecular flexibility index (Phi) is 4.02. The average molecular weight is 273 g/mol. The first kappa shape index (κ1) is 14.4. The minimum Gasteiger partial charge on any atom is -0.370 e. The lowest BCUT2D eigenvalue weighted by atomic mass is 9.91. The molecule has 1 heterocycles. The molecule has 106 valence electrons. The lowest BCUT2D eigenvalue weighted by Crippen LogP contribution is -2.16. The molecular weight excluding hydrogens is 253 g/mol. The predicted octanol–water partition coefficient (Wildman–Crippen LogP) is 4.01. The molecule has 0 saturated carbocycles. The minimum absolute atomic E-state index is 0.0676. The number of hydrogen-bond donors (Lipinski definition) is 1. The van der Waals surface area contributed by atoms with Crippen LogP contribution in [0.1, 0.15) is 33.4 Å². The Hall–Kier alpha value is -1.97. The van der Waals surface area contributed by atoms with Gasteiger partial charge < -0.3 is 5.32 Å². The quantitative estimate of drug-likeness (QED) is 0.918. The molecular formula is C16H20FN3. The molecule has 20 heavy (non-hydrogen) atoms. The number of rotatable bonds is 3. The second-order valence-electron chi connectivity index (χ2n) is 5.75. The molecule has 0 fully saturated rings. The largest absolute Gasteiger partial charge is 0.370 e. The number of aromatic nitrogens is 2. The molecule has 2 rings (SSSR count). The maximum Gasteiger partial charge on any atom is 0.161 e. The van der Waals surface area contributed by atoms with Crippen LogP contribution in [0.2, 0.25) is 0 Å². The highest BCUT2D eigenvalue weighted by Gasteiger charge is 2.18. The zero-order valence-electron chi connectivity index (χ0n) is 12.4. The Morgan fingerprint density at radius 2 is 1.75 bits per heavy atom. The third-order valence-corrected chi connectivity index (χ3v) is 2.95. The maximum atomic E-state index is 13.0. The lowest BCUT2D eigenvalue weighted by molar-refractivity contribution is 0.568. The van der Waals surface area contributed by atoms with Gasteiger partial charge in [-0.1, -0.05) is 20.8 Å². The van der Waals surface area contributed by atoms with E-state index in [4.69, 9.17) is 0 Å². The summed E-state index contributed by atoms with van der Waals surface area (Å²) in [6.07, 6.45) is 0. The van der Waals surface area contributed by atoms with Crippen molar-refractivity contribution in [1.29, 1.82) is 0 Å². The molecule has 1 aromatic heterocycles. The summed E-state index contributed by atoms with van der Waals surface area (Å²) >= 11 is 0. The van der Waals surface area contributed by atoms with Crippen LogP contribution in [0.25, 0.3) is 11.4 Å². The topological polar surface area (TPSA) is 37.8 Å². The fraction of sp³-hybridized carbons (Fsp3) is 0.375. The van der Waals surface area contributed by atoms with Crippen LogP contribution in [-0.2, 0) is 5.41 Å². The van der Waals surface area contributed by atoms with Crippen molar-refractivity contribution in [3.8, 4) is 11.4 Å². The van der Waals surface area contributed by atoms with Gasteiger partial charge in [0.05, 0.1) is 5.69 Å². The SMILES string of the molecule is CCNc1cc(C(C)(C)C)nc(-c2ccc(F)cc2)n1. The smallest absolute Gasteiger partial charge is 0.161 e. The van der Waals surface area contributed by atoms with Gasteiger partial charge in [-0.2, -0.15) is 0 Å². The normalized spacial score (nSPS) is 11.4. The summed E-state index contributed by atoms with van der Waals surface area (Å²) in [5.74, 6) is 1.16. The summed E-state index contributed by atoms with van der Waals surface area (Å²) in [7, 11) is 0. The van der Waals surface area contributed by atoms with E-state index in [1.54, 1.807) is 12.1 Å². The van der Waals surface area contributed by atoms with E-state index in [1.165, 1.54) is 12.1 Å². The van der Waals surface area contributed by atoms with E-state index in [-0.39, 0.29) is 11.2 Å². The van der Waals surface area contributed by atoms with Crippen LogP contribution >= 0.6 is 0 Å². The van der Waals surface area contributed by atoms with Gasteiger partial charge in [0.15, 0.2) is 5.82 Å². The van der Waals surface area contributed by atoms with Gasteiger partial charge in [-0.05, 0) is 31.2 Å². The fourth-order valence-electron chi connectivity index (χ4n) is 1.83. The van der Waals surface area contributed by atoms with E-state index >= 15 is 0 Å². The van der Waals surface area contributed by atoms with Crippen molar-refractivity contribution in [3.05, 3.63) is 41.8 Å². The molecule has 0 spiro atoms. The number of halogens is 1. The Labute approximate surface area is 119 Å². The number of anilines is 1. The molecule has 0 atom stereocenters. The van der Waals surface area contributed by atoms with Crippen molar-refractivity contribution in [2.24, 2.45) is 0 Å². The molecule has 0 saturated heterocycles. The highest BCUT2D eigenvalue weighted by Crippen LogP contribution is 2.25. The number of nitrogens with one attached hydrogen (secondary N) is 1. The van der Waals surface area contributed by atoms with E-state index in [1.807, 2.05) is 13.0 Å². The molecule has 0 aliphatic heterocycles. The van der Waals surface area contributed by atoms with Gasteiger partial charge >= 0.3 is 0 Å². The van der Waals surface area contributed by atoms with E-state index in [2.05, 4.69) is 36.1 Å². The highest BCUT2D eigenvalue weighted by molar-refractivity contribution is 5.58. The molecule has 1 N–H and O–H groups in total.